The fraction of sp³-hybridized carbons (Fsp3) is 0.443. The van der Waals surface area contributed by atoms with Crippen LogP contribution in [0.1, 0.15) is 276 Å². The van der Waals surface area contributed by atoms with Crippen molar-refractivity contribution in [1.82, 2.24) is 0 Å². The van der Waals surface area contributed by atoms with Gasteiger partial charge in [0.2, 0.25) is 0 Å². The van der Waals surface area contributed by atoms with Crippen LogP contribution in [0.5, 0.6) is 0 Å². The highest BCUT2D eigenvalue weighted by atomic mass is 32.1. The second kappa shape index (κ2) is 33.0. The molecule has 532 valence electrons. The second-order valence-corrected chi connectivity index (χ2v) is 37.5. The van der Waals surface area contributed by atoms with Gasteiger partial charge in [0, 0.05) is 19.5 Å². The summed E-state index contributed by atoms with van der Waals surface area (Å²) in [5, 5.41) is 5.63. The highest BCUT2D eigenvalue weighted by molar-refractivity contribution is 7.15. The molecule has 7 rings (SSSR count). The Balaban J connectivity index is 0.000000269. The number of hydrogen-bond acceptors (Lipinski definition) is 2. The third-order valence-corrected chi connectivity index (χ3v) is 22.8. The van der Waals surface area contributed by atoms with Crippen LogP contribution >= 0.6 is 22.7 Å². The molecule has 0 unspecified atom stereocenters. The molecular weight excluding hydrogens is 1230 g/mol. The van der Waals surface area contributed by atoms with Crippen LogP contribution in [0.15, 0.2) is 107 Å². The summed E-state index contributed by atoms with van der Waals surface area (Å²) in [5.41, 5.74) is 34.6. The lowest BCUT2D eigenvalue weighted by Crippen LogP contribution is -2.04. The van der Waals surface area contributed by atoms with Crippen LogP contribution < -0.4 is 0 Å². The summed E-state index contributed by atoms with van der Waals surface area (Å²) in [5.74, 6) is 0. The molecule has 0 saturated carbocycles. The van der Waals surface area contributed by atoms with Gasteiger partial charge in [0.1, 0.15) is 0 Å². The van der Waals surface area contributed by atoms with Crippen molar-refractivity contribution in [3.8, 4) is 0 Å². The summed E-state index contributed by atoms with van der Waals surface area (Å²) >= 11 is 3.77. The largest absolute Gasteiger partial charge is 0.136 e. The number of allylic oxidation sites excluding steroid dienone is 18. The smallest absolute Gasteiger partial charge is 0.0309 e. The zero-order valence-electron chi connectivity index (χ0n) is 69.2. The Morgan fingerprint density at radius 1 is 0.202 bits per heavy atom. The highest BCUT2D eigenvalue weighted by Crippen LogP contribution is 2.46. The maximum atomic E-state index is 2.42. The summed E-state index contributed by atoms with van der Waals surface area (Å²) < 4.78 is 0. The van der Waals surface area contributed by atoms with E-state index in [0.717, 1.165) is 6.42 Å². The Labute approximate surface area is 614 Å². The number of rotatable bonds is 13. The third kappa shape index (κ3) is 22.2. The van der Waals surface area contributed by atoms with Crippen LogP contribution in [-0.4, -0.2) is 0 Å². The molecule has 4 aromatic carbocycles. The van der Waals surface area contributed by atoms with E-state index in [1.54, 1.807) is 0 Å². The van der Waals surface area contributed by atoms with Crippen LogP contribution in [0.4, 0.5) is 0 Å². The van der Waals surface area contributed by atoms with Gasteiger partial charge in [-0.2, -0.15) is 0 Å². The van der Waals surface area contributed by atoms with Crippen LogP contribution in [0.25, 0.3) is 70.2 Å². The molecule has 1 aliphatic carbocycles. The van der Waals surface area contributed by atoms with Gasteiger partial charge in [0.05, 0.1) is 0 Å². The maximum Gasteiger partial charge on any atom is 0.0309 e. The summed E-state index contributed by atoms with van der Waals surface area (Å²) in [4.78, 5) is 5.43. The van der Waals surface area contributed by atoms with Gasteiger partial charge in [0.25, 0.3) is 0 Å². The van der Waals surface area contributed by atoms with Crippen molar-refractivity contribution in [2.75, 3.05) is 0 Å². The van der Waals surface area contributed by atoms with E-state index in [4.69, 9.17) is 0 Å². The van der Waals surface area contributed by atoms with E-state index >= 15 is 0 Å². The fourth-order valence-corrected chi connectivity index (χ4v) is 14.7. The molecule has 1 aliphatic rings. The minimum absolute atomic E-state index is 0.111. The predicted molar refractivity (Wildman–Crippen MR) is 459 cm³/mol. The topological polar surface area (TPSA) is 0 Å². The number of benzene rings is 4. The zero-order chi connectivity index (χ0) is 75.2. The lowest BCUT2D eigenvalue weighted by Gasteiger charge is -2.25. The molecule has 0 atom stereocenters. The van der Waals surface area contributed by atoms with Crippen LogP contribution in [0.3, 0.4) is 0 Å². The average molecular weight is 1360 g/mol. The van der Waals surface area contributed by atoms with Crippen molar-refractivity contribution in [2.45, 2.75) is 256 Å². The van der Waals surface area contributed by atoms with Crippen molar-refractivity contribution in [3.05, 3.63) is 238 Å². The SMILES string of the molecule is CC1=C(/C=C/C=C/C(C)(C)C)CC(/C=C/c2c(C)c(C)c(/C=C/C(C)(C)C)c(C)c2C)=C1C.Cc1c(/C=C/C=C/C(C)(C)C)sc(/C=C/c2sc(/C=C/C(C)(C)C)c(C)c2C)c1C.Cc1c(C)c(C)c2c(/C=C/C(C)(C)C)c3c(C)c(C)c(C)c(C)c3c(/C=C/C=C/C(C)(C)C)c2c1C. The Morgan fingerprint density at radius 2 is 0.455 bits per heavy atom. The van der Waals surface area contributed by atoms with Gasteiger partial charge in [-0.15, -0.1) is 22.7 Å². The molecule has 0 nitrogen and oxygen atoms in total. The minimum atomic E-state index is 0.111. The monoisotopic (exact) mass is 1360 g/mol. The average Bonchev–Trinajstić information content (AvgIpc) is 1.40. The Morgan fingerprint density at radius 3 is 0.788 bits per heavy atom. The number of aryl methyl sites for hydroxylation is 4. The first-order valence-corrected chi connectivity index (χ1v) is 38.2. The third-order valence-electron chi connectivity index (χ3n) is 20.1. The Hall–Kier alpha value is -6.58. The van der Waals surface area contributed by atoms with Crippen molar-refractivity contribution < 1.29 is 0 Å². The summed E-state index contributed by atoms with van der Waals surface area (Å²) in [7, 11) is 0. The quantitative estimate of drug-likeness (QED) is 0.0799. The first-order chi connectivity index (χ1) is 45.4. The molecule has 0 N–H and O–H groups in total. The molecule has 2 heteroatoms. The van der Waals surface area contributed by atoms with E-state index in [0.29, 0.717) is 0 Å². The molecule has 0 saturated heterocycles. The molecule has 2 aromatic heterocycles. The zero-order valence-corrected chi connectivity index (χ0v) is 70.9. The van der Waals surface area contributed by atoms with E-state index in [2.05, 4.69) is 383 Å². The molecule has 0 aliphatic heterocycles. The van der Waals surface area contributed by atoms with Crippen molar-refractivity contribution in [3.63, 3.8) is 0 Å². The van der Waals surface area contributed by atoms with Crippen molar-refractivity contribution in [2.24, 2.45) is 32.5 Å². The van der Waals surface area contributed by atoms with Gasteiger partial charge in [-0.3, -0.25) is 0 Å². The lowest BCUT2D eigenvalue weighted by molar-refractivity contribution is 0.544. The molecule has 0 fully saturated rings. The molecule has 0 bridgehead atoms. The molecule has 0 spiro atoms. The summed E-state index contributed by atoms with van der Waals surface area (Å²) in [6, 6.07) is 0. The number of thiophene rings is 2. The Bertz CT molecular complexity index is 4280. The Kier molecular flexibility index (Phi) is 27.7. The number of fused-ring (bicyclic) bond motifs is 2. The van der Waals surface area contributed by atoms with Gasteiger partial charge in [-0.25, -0.2) is 0 Å². The van der Waals surface area contributed by atoms with Crippen LogP contribution in [0.2, 0.25) is 0 Å². The highest BCUT2D eigenvalue weighted by Gasteiger charge is 2.24. The van der Waals surface area contributed by atoms with Gasteiger partial charge < -0.3 is 0 Å². The lowest BCUT2D eigenvalue weighted by atomic mass is 9.79. The fourth-order valence-electron chi connectivity index (χ4n) is 12.5. The second-order valence-electron chi connectivity index (χ2n) is 35.3. The molecular formula is C97H132S2. The molecule has 6 aromatic rings. The van der Waals surface area contributed by atoms with Gasteiger partial charge in [0.15, 0.2) is 0 Å². The summed E-state index contributed by atoms with van der Waals surface area (Å²) in [6.07, 6.45) is 51.2. The number of hydrogen-bond donors (Lipinski definition) is 0. The maximum absolute atomic E-state index is 2.42. The summed E-state index contributed by atoms with van der Waals surface area (Å²) in [6.45, 7) is 81.4. The van der Waals surface area contributed by atoms with E-state index < -0.39 is 0 Å². The predicted octanol–water partition coefficient (Wildman–Crippen LogP) is 31.2. The standard InChI is InChI=1S/C36H48.C33H46.C28H38S2/c1-21-23(3)27(7)33-30(18-20-36(12,13)14)34-28(8)24(4)22(2)26(6)32(34)29(31(33)25(21)5)17-15-16-19-35(9,10)11;1-22-23(2)29(21-28(22)15-13-14-19-32(7,8)9)16-17-30-24(3)26(5)31(27(6)25(30)4)18-20-33(10,11)12;1-19-20(2)24(29-23(19)13-11-12-17-27(5,6)7)14-15-25-21(3)22(4)26(30-25)16-18-28(8,9)10/h15-20H,1-14H3;13-20H,21H2,1-12H3;11-18H,1-10H3/b17-15+,19-16+,20-18+;15-13+,17-16+,19-14+,20-18+;13-11+,15-14+,17-12+,18-16+. The van der Waals surface area contributed by atoms with Crippen molar-refractivity contribution >= 4 is 92.8 Å². The molecule has 0 radical (unpaired) electrons. The van der Waals surface area contributed by atoms with Crippen LogP contribution in [0, 0.1) is 143 Å². The molecule has 2 heterocycles. The first-order valence-electron chi connectivity index (χ1n) is 36.6. The van der Waals surface area contributed by atoms with Gasteiger partial charge >= 0.3 is 0 Å². The van der Waals surface area contributed by atoms with E-state index in [1.807, 2.05) is 22.7 Å². The van der Waals surface area contributed by atoms with E-state index in [9.17, 15) is 0 Å². The van der Waals surface area contributed by atoms with Crippen molar-refractivity contribution in [1.29, 1.82) is 0 Å². The molecule has 99 heavy (non-hydrogen) atoms. The van der Waals surface area contributed by atoms with Gasteiger partial charge in [-0.05, 0) is 343 Å². The van der Waals surface area contributed by atoms with Gasteiger partial charge in [-0.1, -0.05) is 234 Å². The normalized spacial score (nSPS) is 14.5. The van der Waals surface area contributed by atoms with E-state index in [-0.39, 0.29) is 32.5 Å². The first kappa shape index (κ1) is 83.1. The van der Waals surface area contributed by atoms with E-state index in [1.165, 1.54) is 175 Å². The molecule has 0 amide bonds. The minimum Gasteiger partial charge on any atom is -0.136 e. The van der Waals surface area contributed by atoms with Crippen LogP contribution in [-0.2, 0) is 0 Å².